The molecule has 34 heavy (non-hydrogen) atoms. The van der Waals surface area contributed by atoms with Crippen LogP contribution in [0.2, 0.25) is 0 Å². The van der Waals surface area contributed by atoms with E-state index < -0.39 is 22.7 Å². The van der Waals surface area contributed by atoms with E-state index in [0.29, 0.717) is 30.0 Å². The van der Waals surface area contributed by atoms with Crippen molar-refractivity contribution in [3.05, 3.63) is 75.3 Å². The lowest BCUT2D eigenvalue weighted by Gasteiger charge is -2.26. The van der Waals surface area contributed by atoms with Crippen LogP contribution in [0.15, 0.2) is 54.1 Å². The van der Waals surface area contributed by atoms with Crippen molar-refractivity contribution in [2.45, 2.75) is 25.8 Å². The summed E-state index contributed by atoms with van der Waals surface area (Å²) in [4.78, 5) is 39.9. The monoisotopic (exact) mass is 467 g/mol. The summed E-state index contributed by atoms with van der Waals surface area (Å²) in [5, 5.41) is 22.3. The predicted molar refractivity (Wildman–Crippen MR) is 128 cm³/mol. The van der Waals surface area contributed by atoms with Crippen molar-refractivity contribution in [1.82, 2.24) is 9.80 Å². The fourth-order valence-electron chi connectivity index (χ4n) is 3.77. The number of likely N-dealkylation sites (tertiary alicyclic amines) is 1. The van der Waals surface area contributed by atoms with Crippen molar-refractivity contribution in [3.63, 3.8) is 0 Å². The molecule has 1 aliphatic heterocycles. The number of amides is 1. The van der Waals surface area contributed by atoms with Crippen LogP contribution in [0.4, 0.5) is 5.69 Å². The number of unbranched alkanes of at least 4 members (excludes halogenated alkanes) is 1. The number of non-ortho nitro benzene ring substituents is 1. The maximum absolute atomic E-state index is 13.1. The number of ether oxygens (including phenoxy) is 1. The molecule has 9 nitrogen and oxygen atoms in total. The number of nitro groups is 1. The second kappa shape index (κ2) is 10.9. The number of likely N-dealkylation sites (N-methyl/N-ethyl adjacent to an activating group) is 1. The zero-order chi connectivity index (χ0) is 24.8. The molecule has 1 heterocycles. The van der Waals surface area contributed by atoms with Gasteiger partial charge in [0.25, 0.3) is 17.4 Å². The van der Waals surface area contributed by atoms with E-state index in [0.717, 1.165) is 12.8 Å². The number of carbonyl (C=O) groups is 2. The molecule has 1 fully saturated rings. The van der Waals surface area contributed by atoms with Crippen LogP contribution >= 0.6 is 0 Å². The van der Waals surface area contributed by atoms with E-state index in [1.165, 1.54) is 29.2 Å². The summed E-state index contributed by atoms with van der Waals surface area (Å²) >= 11 is 0. The molecule has 2 aromatic rings. The van der Waals surface area contributed by atoms with Crippen molar-refractivity contribution < 1.29 is 24.4 Å². The first-order valence-corrected chi connectivity index (χ1v) is 11.1. The number of Topliss-reactive ketones (excluding diaryl/α,β-unsaturated/α-hetero) is 1. The average molecular weight is 468 g/mol. The van der Waals surface area contributed by atoms with Gasteiger partial charge in [0.2, 0.25) is 0 Å². The van der Waals surface area contributed by atoms with Crippen molar-refractivity contribution in [2.75, 3.05) is 33.8 Å². The lowest BCUT2D eigenvalue weighted by Crippen LogP contribution is -2.35. The maximum Gasteiger partial charge on any atom is 0.295 e. The van der Waals surface area contributed by atoms with Gasteiger partial charge in [0.05, 0.1) is 23.1 Å². The normalized spacial score (nSPS) is 17.4. The van der Waals surface area contributed by atoms with Crippen LogP contribution in [0.5, 0.6) is 5.75 Å². The number of ketones is 1. The Bertz CT molecular complexity index is 1090. The highest BCUT2D eigenvalue weighted by atomic mass is 16.6. The molecule has 1 atom stereocenters. The number of nitrogens with zero attached hydrogens (tertiary/aromatic N) is 3. The highest BCUT2D eigenvalue weighted by molar-refractivity contribution is 6.46. The summed E-state index contributed by atoms with van der Waals surface area (Å²) < 4.78 is 5.72. The van der Waals surface area contributed by atoms with Crippen molar-refractivity contribution >= 4 is 23.1 Å². The Morgan fingerprint density at radius 1 is 1.18 bits per heavy atom. The number of benzene rings is 2. The van der Waals surface area contributed by atoms with Gasteiger partial charge in [0, 0.05) is 30.8 Å². The van der Waals surface area contributed by atoms with Crippen LogP contribution in [0, 0.1) is 10.1 Å². The number of rotatable bonds is 10. The zero-order valence-corrected chi connectivity index (χ0v) is 19.6. The van der Waals surface area contributed by atoms with E-state index in [4.69, 9.17) is 4.74 Å². The molecule has 0 radical (unpaired) electrons. The summed E-state index contributed by atoms with van der Waals surface area (Å²) in [7, 11) is 3.70. The molecule has 1 saturated heterocycles. The molecule has 0 aliphatic carbocycles. The Hall–Kier alpha value is -3.72. The molecular formula is C25H29N3O6. The first kappa shape index (κ1) is 24.9. The molecular weight excluding hydrogens is 438 g/mol. The second-order valence-electron chi connectivity index (χ2n) is 8.37. The molecule has 1 aliphatic rings. The summed E-state index contributed by atoms with van der Waals surface area (Å²) in [6, 6.07) is 11.5. The van der Waals surface area contributed by atoms with Crippen molar-refractivity contribution in [1.29, 1.82) is 0 Å². The number of hydrogen-bond donors (Lipinski definition) is 1. The minimum absolute atomic E-state index is 0.0525. The molecule has 2 aromatic carbocycles. The highest BCUT2D eigenvalue weighted by Crippen LogP contribution is 2.40. The van der Waals surface area contributed by atoms with Gasteiger partial charge < -0.3 is 19.6 Å². The number of aliphatic hydroxyl groups is 1. The minimum Gasteiger partial charge on any atom is -0.507 e. The standard InChI is InChI=1S/C25H29N3O6/c1-4-5-15-34-20-8-6-7-18(16-20)23(29)21-22(17-9-11-19(12-10-17)28(32)33)27(14-13-26(2)3)25(31)24(21)30/h6-12,16,22,29H,4-5,13-15H2,1-3H3/b23-21+. The first-order chi connectivity index (χ1) is 16.2. The van der Waals surface area contributed by atoms with Gasteiger partial charge in [-0.2, -0.15) is 0 Å². The maximum atomic E-state index is 13.1. The molecule has 0 aromatic heterocycles. The number of hydrogen-bond acceptors (Lipinski definition) is 7. The summed E-state index contributed by atoms with van der Waals surface area (Å²) in [6.07, 6.45) is 1.86. The van der Waals surface area contributed by atoms with Gasteiger partial charge in [-0.15, -0.1) is 0 Å². The van der Waals surface area contributed by atoms with Crippen LogP contribution < -0.4 is 4.74 Å². The number of nitro benzene ring substituents is 1. The molecule has 9 heteroatoms. The van der Waals surface area contributed by atoms with E-state index >= 15 is 0 Å². The van der Waals surface area contributed by atoms with Crippen molar-refractivity contribution in [3.8, 4) is 5.75 Å². The molecule has 0 spiro atoms. The minimum atomic E-state index is -0.870. The quantitative estimate of drug-likeness (QED) is 0.141. The van der Waals surface area contributed by atoms with Crippen molar-refractivity contribution in [2.24, 2.45) is 0 Å². The molecule has 180 valence electrons. The molecule has 0 bridgehead atoms. The zero-order valence-electron chi connectivity index (χ0n) is 19.6. The van der Waals surface area contributed by atoms with Gasteiger partial charge in [-0.3, -0.25) is 19.7 Å². The Kier molecular flexibility index (Phi) is 8.01. The fourth-order valence-corrected chi connectivity index (χ4v) is 3.77. The van der Waals surface area contributed by atoms with E-state index in [-0.39, 0.29) is 23.6 Å². The van der Waals surface area contributed by atoms with Crippen LogP contribution in [-0.2, 0) is 9.59 Å². The SMILES string of the molecule is CCCCOc1cccc(/C(O)=C2\C(=O)C(=O)N(CCN(C)C)C2c2ccc([N+](=O)[O-])cc2)c1. The predicted octanol–water partition coefficient (Wildman–Crippen LogP) is 3.76. The van der Waals surface area contributed by atoms with Gasteiger partial charge in [0.15, 0.2) is 0 Å². The third-order valence-electron chi connectivity index (χ3n) is 5.62. The molecule has 1 N–H and O–H groups in total. The Labute approximate surface area is 198 Å². The molecule has 1 amide bonds. The van der Waals surface area contributed by atoms with Crippen LogP contribution in [0.3, 0.4) is 0 Å². The molecule has 3 rings (SSSR count). The fraction of sp³-hybridized carbons (Fsp3) is 0.360. The van der Waals surface area contributed by atoms with E-state index in [1.54, 1.807) is 24.3 Å². The second-order valence-corrected chi connectivity index (χ2v) is 8.37. The largest absolute Gasteiger partial charge is 0.507 e. The smallest absolute Gasteiger partial charge is 0.295 e. The molecule has 0 saturated carbocycles. The number of carbonyl (C=O) groups excluding carboxylic acids is 2. The van der Waals surface area contributed by atoms with Crippen LogP contribution in [0.25, 0.3) is 5.76 Å². The lowest BCUT2D eigenvalue weighted by atomic mass is 9.95. The highest BCUT2D eigenvalue weighted by Gasteiger charge is 2.46. The van der Waals surface area contributed by atoms with Gasteiger partial charge in [-0.25, -0.2) is 0 Å². The summed E-state index contributed by atoms with van der Waals surface area (Å²) in [5.74, 6) is -1.28. The van der Waals surface area contributed by atoms with Gasteiger partial charge in [0.1, 0.15) is 11.5 Å². The van der Waals surface area contributed by atoms with Crippen LogP contribution in [0.1, 0.15) is 36.9 Å². The van der Waals surface area contributed by atoms with E-state index in [9.17, 15) is 24.8 Å². The molecule has 1 unspecified atom stereocenters. The van der Waals surface area contributed by atoms with Gasteiger partial charge in [-0.1, -0.05) is 25.5 Å². The third-order valence-corrected chi connectivity index (χ3v) is 5.62. The van der Waals surface area contributed by atoms with Crippen LogP contribution in [-0.4, -0.2) is 65.3 Å². The Morgan fingerprint density at radius 3 is 2.50 bits per heavy atom. The van der Waals surface area contributed by atoms with Gasteiger partial charge in [-0.05, 0) is 50.3 Å². The lowest BCUT2D eigenvalue weighted by molar-refractivity contribution is -0.384. The average Bonchev–Trinajstić information content (AvgIpc) is 3.07. The van der Waals surface area contributed by atoms with E-state index in [2.05, 4.69) is 6.92 Å². The Balaban J connectivity index is 2.07. The summed E-state index contributed by atoms with van der Waals surface area (Å²) in [6.45, 7) is 3.32. The van der Waals surface area contributed by atoms with Gasteiger partial charge >= 0.3 is 0 Å². The summed E-state index contributed by atoms with van der Waals surface area (Å²) in [5.41, 5.74) is 0.696. The third kappa shape index (κ3) is 5.43. The first-order valence-electron chi connectivity index (χ1n) is 11.1. The number of aliphatic hydroxyl groups excluding tert-OH is 1. The van der Waals surface area contributed by atoms with E-state index in [1.807, 2.05) is 19.0 Å². The topological polar surface area (TPSA) is 113 Å². The Morgan fingerprint density at radius 2 is 1.88 bits per heavy atom.